The van der Waals surface area contributed by atoms with Gasteiger partial charge >= 0.3 is 11.9 Å². The molecular weight excluding hydrogens is 861 g/mol. The number of esters is 2. The lowest BCUT2D eigenvalue weighted by Gasteiger charge is -2.15. The summed E-state index contributed by atoms with van der Waals surface area (Å²) in [5.74, 6) is -0.637. The fraction of sp³-hybridized carbons (Fsp3) is 0.723. The molecule has 0 aromatic heterocycles. The number of ether oxygens (including phenoxy) is 2. The second-order valence-electron chi connectivity index (χ2n) is 19.7. The van der Waals surface area contributed by atoms with E-state index in [0.717, 1.165) is 89.9 Å². The van der Waals surface area contributed by atoms with Crippen molar-refractivity contribution in [3.05, 3.63) is 97.2 Å². The number of rotatable bonds is 54. The Morgan fingerprint density at radius 2 is 0.614 bits per heavy atom. The van der Waals surface area contributed by atoms with E-state index in [0.29, 0.717) is 12.8 Å². The maximum Gasteiger partial charge on any atom is 0.306 e. The summed E-state index contributed by atoms with van der Waals surface area (Å²) in [7, 11) is 0. The molecule has 0 saturated heterocycles. The summed E-state index contributed by atoms with van der Waals surface area (Å²) in [6.45, 7) is 4.02. The second kappa shape index (κ2) is 60.1. The number of hydrogen-bond donors (Lipinski definition) is 1. The molecule has 402 valence electrons. The van der Waals surface area contributed by atoms with E-state index in [1.807, 2.05) is 0 Å². The predicted molar refractivity (Wildman–Crippen MR) is 306 cm³/mol. The van der Waals surface area contributed by atoms with Gasteiger partial charge in [-0.2, -0.15) is 0 Å². The summed E-state index contributed by atoms with van der Waals surface area (Å²) in [4.78, 5) is 24.5. The van der Waals surface area contributed by atoms with Crippen molar-refractivity contribution in [2.24, 2.45) is 0 Å². The number of hydrogen-bond acceptors (Lipinski definition) is 5. The minimum Gasteiger partial charge on any atom is -0.462 e. The van der Waals surface area contributed by atoms with Gasteiger partial charge < -0.3 is 14.6 Å². The minimum atomic E-state index is -0.801. The molecule has 0 radical (unpaired) electrons. The Labute approximate surface area is 434 Å². The van der Waals surface area contributed by atoms with Crippen molar-refractivity contribution in [1.29, 1.82) is 0 Å². The molecule has 0 heterocycles. The molecule has 1 N–H and O–H groups in total. The zero-order valence-electron chi connectivity index (χ0n) is 46.0. The van der Waals surface area contributed by atoms with Crippen molar-refractivity contribution >= 4 is 11.9 Å². The third-order valence-corrected chi connectivity index (χ3v) is 12.9. The third-order valence-electron chi connectivity index (χ3n) is 12.9. The van der Waals surface area contributed by atoms with E-state index in [2.05, 4.69) is 111 Å². The number of aliphatic hydroxyl groups excluding tert-OH is 1. The van der Waals surface area contributed by atoms with Gasteiger partial charge in [-0.25, -0.2) is 0 Å². The molecule has 70 heavy (non-hydrogen) atoms. The van der Waals surface area contributed by atoms with Gasteiger partial charge in [0.2, 0.25) is 0 Å². The lowest BCUT2D eigenvalue weighted by atomic mass is 10.0. The molecule has 0 amide bonds. The predicted octanol–water partition coefficient (Wildman–Crippen LogP) is 20.3. The van der Waals surface area contributed by atoms with Gasteiger partial charge in [-0.05, 0) is 77.0 Å². The van der Waals surface area contributed by atoms with Crippen LogP contribution in [-0.2, 0) is 19.1 Å². The maximum absolute atomic E-state index is 12.3. The molecule has 0 aromatic rings. The lowest BCUT2D eigenvalue weighted by molar-refractivity contribution is -0.161. The monoisotopic (exact) mass is 973 g/mol. The van der Waals surface area contributed by atoms with Gasteiger partial charge in [0.15, 0.2) is 6.10 Å². The van der Waals surface area contributed by atoms with Crippen molar-refractivity contribution in [1.82, 2.24) is 0 Å². The molecule has 5 heteroatoms. The average Bonchev–Trinajstić information content (AvgIpc) is 3.36. The van der Waals surface area contributed by atoms with Gasteiger partial charge in [-0.1, -0.05) is 291 Å². The molecule has 0 aliphatic rings. The molecule has 0 spiro atoms. The van der Waals surface area contributed by atoms with Gasteiger partial charge in [0.1, 0.15) is 6.61 Å². The number of allylic oxidation sites excluding steroid dienone is 16. The Hall–Kier alpha value is -3.18. The van der Waals surface area contributed by atoms with Gasteiger partial charge in [0.25, 0.3) is 0 Å². The third kappa shape index (κ3) is 57.4. The molecule has 5 nitrogen and oxygen atoms in total. The fourth-order valence-corrected chi connectivity index (χ4v) is 8.46. The Morgan fingerprint density at radius 3 is 0.929 bits per heavy atom. The van der Waals surface area contributed by atoms with Crippen LogP contribution in [0.4, 0.5) is 0 Å². The first-order chi connectivity index (χ1) is 34.6. The molecule has 1 atom stereocenters. The van der Waals surface area contributed by atoms with Crippen LogP contribution in [0.1, 0.15) is 284 Å². The van der Waals surface area contributed by atoms with E-state index in [1.165, 1.54) is 167 Å². The molecule has 0 aliphatic carbocycles. The van der Waals surface area contributed by atoms with Gasteiger partial charge in [-0.15, -0.1) is 0 Å². The Balaban J connectivity index is 3.55. The molecule has 0 fully saturated rings. The summed E-state index contributed by atoms with van der Waals surface area (Å²) < 4.78 is 10.7. The molecule has 0 aliphatic heterocycles. The summed E-state index contributed by atoms with van der Waals surface area (Å²) in [6.07, 6.45) is 85.4. The lowest BCUT2D eigenvalue weighted by Crippen LogP contribution is -2.28. The van der Waals surface area contributed by atoms with Crippen molar-refractivity contribution < 1.29 is 24.2 Å². The summed E-state index contributed by atoms with van der Waals surface area (Å²) in [5.41, 5.74) is 0. The minimum absolute atomic E-state index is 0.0863. The molecule has 1 unspecified atom stereocenters. The van der Waals surface area contributed by atoms with Crippen LogP contribution in [0, 0.1) is 0 Å². The Bertz CT molecular complexity index is 1330. The van der Waals surface area contributed by atoms with Crippen molar-refractivity contribution in [3.63, 3.8) is 0 Å². The van der Waals surface area contributed by atoms with Crippen LogP contribution in [0.5, 0.6) is 0 Å². The Morgan fingerprint density at radius 1 is 0.343 bits per heavy atom. The van der Waals surface area contributed by atoms with Crippen LogP contribution in [-0.4, -0.2) is 36.4 Å². The van der Waals surface area contributed by atoms with Crippen LogP contribution in [0.2, 0.25) is 0 Å². The van der Waals surface area contributed by atoms with Gasteiger partial charge in [0.05, 0.1) is 6.61 Å². The van der Waals surface area contributed by atoms with E-state index in [1.54, 1.807) is 0 Å². The largest absolute Gasteiger partial charge is 0.462 e. The molecule has 0 bridgehead atoms. The summed E-state index contributed by atoms with van der Waals surface area (Å²) in [5, 5.41) is 9.66. The first-order valence-corrected chi connectivity index (χ1v) is 29.8. The molecule has 0 rings (SSSR count). The van der Waals surface area contributed by atoms with Crippen LogP contribution in [0.3, 0.4) is 0 Å². The molecule has 0 saturated carbocycles. The fourth-order valence-electron chi connectivity index (χ4n) is 8.46. The van der Waals surface area contributed by atoms with E-state index in [-0.39, 0.29) is 25.2 Å². The number of carbonyl (C=O) groups is 2. The van der Waals surface area contributed by atoms with Gasteiger partial charge in [-0.3, -0.25) is 9.59 Å². The van der Waals surface area contributed by atoms with Crippen molar-refractivity contribution in [2.45, 2.75) is 290 Å². The zero-order chi connectivity index (χ0) is 50.6. The SMILES string of the molecule is CC/C=C\C/C=C\C/C=C\C/C=C\C/C=C\C/C=C\C/C=C\C/C=C\CCCCC(=O)OC(CO)COC(=O)CCCCCCCCCCCCCCCCCCCCCCCCCCCCCCC. The smallest absolute Gasteiger partial charge is 0.306 e. The summed E-state index contributed by atoms with van der Waals surface area (Å²) >= 11 is 0. The van der Waals surface area contributed by atoms with E-state index < -0.39 is 6.10 Å². The van der Waals surface area contributed by atoms with Crippen LogP contribution in [0.15, 0.2) is 97.2 Å². The molecule has 0 aromatic carbocycles. The normalized spacial score (nSPS) is 12.9. The number of unbranched alkanes of at least 4 members (excludes halogenated alkanes) is 30. The van der Waals surface area contributed by atoms with Crippen molar-refractivity contribution in [3.8, 4) is 0 Å². The second-order valence-corrected chi connectivity index (χ2v) is 19.7. The topological polar surface area (TPSA) is 72.8 Å². The summed E-state index contributed by atoms with van der Waals surface area (Å²) in [6, 6.07) is 0. The first kappa shape index (κ1) is 66.8. The van der Waals surface area contributed by atoms with Crippen LogP contribution < -0.4 is 0 Å². The van der Waals surface area contributed by atoms with E-state index >= 15 is 0 Å². The number of carbonyl (C=O) groups excluding carboxylic acids is 2. The quantitative estimate of drug-likeness (QED) is 0.0373. The first-order valence-electron chi connectivity index (χ1n) is 29.8. The van der Waals surface area contributed by atoms with Gasteiger partial charge in [0, 0.05) is 12.8 Å². The zero-order valence-corrected chi connectivity index (χ0v) is 46.0. The highest BCUT2D eigenvalue weighted by atomic mass is 16.6. The highest BCUT2D eigenvalue weighted by Crippen LogP contribution is 2.17. The standard InChI is InChI=1S/C65H112O5/c1-3-5-7-9-11-13-15-17-19-21-23-25-27-29-31-32-34-35-37-39-41-43-45-47-49-51-53-55-57-59-64(67)69-62-63(61-66)70-65(68)60-58-56-54-52-50-48-46-44-42-40-38-36-33-30-28-26-24-22-20-18-16-14-12-10-8-6-4-2/h6,8,12,14,18,20,24,26,30,33,38,40,44,46,50,52,63,66H,3-5,7,9-11,13,15-17,19,21-23,25,27-29,31-32,34-37,39,41-43,45,47-49,51,53-62H2,1-2H3/b8-6-,14-12-,20-18-,26-24-,33-30-,40-38-,46-44-,52-50-. The number of aliphatic hydroxyl groups is 1. The van der Waals surface area contributed by atoms with E-state index in [4.69, 9.17) is 9.47 Å². The Kier molecular flexibility index (Phi) is 57.4. The van der Waals surface area contributed by atoms with E-state index in [9.17, 15) is 14.7 Å². The average molecular weight is 974 g/mol. The van der Waals surface area contributed by atoms with Crippen molar-refractivity contribution in [2.75, 3.05) is 13.2 Å². The maximum atomic E-state index is 12.3. The molecular formula is C65H112O5. The van der Waals surface area contributed by atoms with Crippen LogP contribution in [0.25, 0.3) is 0 Å². The van der Waals surface area contributed by atoms with Crippen LogP contribution >= 0.6 is 0 Å². The highest BCUT2D eigenvalue weighted by molar-refractivity contribution is 5.70. The highest BCUT2D eigenvalue weighted by Gasteiger charge is 2.16.